The smallest absolute Gasteiger partial charge is 0.140 e. The van der Waals surface area contributed by atoms with E-state index in [1.54, 1.807) is 0 Å². The highest BCUT2D eigenvalue weighted by Gasteiger charge is 2.19. The first kappa shape index (κ1) is 34.7. The maximum absolute atomic E-state index is 10.1. The van der Waals surface area contributed by atoms with Crippen LogP contribution in [0.3, 0.4) is 0 Å². The Bertz CT molecular complexity index is 594. The van der Waals surface area contributed by atoms with Crippen molar-refractivity contribution >= 4 is 12.4 Å². The van der Waals surface area contributed by atoms with Crippen molar-refractivity contribution in [1.82, 2.24) is 4.98 Å². The molecule has 3 nitrogen and oxygen atoms in total. The van der Waals surface area contributed by atoms with Crippen molar-refractivity contribution in [2.24, 2.45) is 0 Å². The fourth-order valence-electron chi connectivity index (χ4n) is 4.54. The molecule has 0 saturated heterocycles. The first-order chi connectivity index (χ1) is 14.9. The number of aryl methyl sites for hydroxylation is 1. The minimum absolute atomic E-state index is 0. The third-order valence-electron chi connectivity index (χ3n) is 6.81. The Morgan fingerprint density at radius 3 is 1.55 bits per heavy atom. The van der Waals surface area contributed by atoms with Crippen LogP contribution >= 0.6 is 12.4 Å². The number of aromatic hydroxyl groups is 1. The zero-order valence-corrected chi connectivity index (χ0v) is 24.0. The average Bonchev–Trinajstić information content (AvgIpc) is 2.74. The average molecular weight is 506 g/mol. The maximum Gasteiger partial charge on any atom is 0.140 e. The number of nitrogens with zero attached hydrogens (tertiary/aromatic N) is 2. The monoisotopic (exact) mass is 504 g/mol. The molecule has 196 valence electrons. The van der Waals surface area contributed by atoms with Crippen molar-refractivity contribution in [2.75, 3.05) is 20.6 Å². The van der Waals surface area contributed by atoms with Crippen molar-refractivity contribution in [2.45, 2.75) is 130 Å². The lowest BCUT2D eigenvalue weighted by Gasteiger charge is -2.30. The Morgan fingerprint density at radius 1 is 0.727 bits per heavy atom. The first-order valence-corrected chi connectivity index (χ1v) is 13.3. The van der Waals surface area contributed by atoms with E-state index in [1.807, 2.05) is 20.0 Å². The minimum Gasteiger partial charge on any atom is -1.00 e. The van der Waals surface area contributed by atoms with Crippen LogP contribution in [0, 0.1) is 13.8 Å². The summed E-state index contributed by atoms with van der Waals surface area (Å²) in [4.78, 5) is 4.34. The zero-order chi connectivity index (χ0) is 23.0. The summed E-state index contributed by atoms with van der Waals surface area (Å²) in [5, 5.41) is 10.1. The van der Waals surface area contributed by atoms with Gasteiger partial charge in [0, 0.05) is 17.3 Å². The molecule has 0 aliphatic heterocycles. The zero-order valence-electron chi connectivity index (χ0n) is 22.4. The summed E-state index contributed by atoms with van der Waals surface area (Å²) >= 11 is 0. The van der Waals surface area contributed by atoms with Crippen LogP contribution < -0.4 is 12.4 Å². The molecule has 33 heavy (non-hydrogen) atoms. The van der Waals surface area contributed by atoms with E-state index in [-0.39, 0.29) is 24.8 Å². The Kier molecular flexibility index (Phi) is 21.9. The molecule has 0 aromatic carbocycles. The Morgan fingerprint density at radius 2 is 1.12 bits per heavy atom. The van der Waals surface area contributed by atoms with E-state index in [1.165, 1.54) is 115 Å². The third kappa shape index (κ3) is 16.7. The molecule has 5 heteroatoms. The highest BCUT2D eigenvalue weighted by atomic mass is 35.5. The number of hydrogen-bond donors (Lipinski definition) is 1. The van der Waals surface area contributed by atoms with Crippen LogP contribution in [-0.2, 0) is 6.54 Å². The van der Waals surface area contributed by atoms with Gasteiger partial charge in [0.2, 0.25) is 0 Å². The van der Waals surface area contributed by atoms with E-state index in [0.29, 0.717) is 5.75 Å². The van der Waals surface area contributed by atoms with Gasteiger partial charge in [0.05, 0.1) is 26.3 Å². The van der Waals surface area contributed by atoms with E-state index in [9.17, 15) is 5.11 Å². The van der Waals surface area contributed by atoms with Gasteiger partial charge in [-0.25, -0.2) is 0 Å². The molecule has 0 spiro atoms. The van der Waals surface area contributed by atoms with Crippen LogP contribution in [0.4, 0.5) is 0 Å². The molecule has 1 aromatic heterocycles. The maximum atomic E-state index is 10.1. The predicted octanol–water partition coefficient (Wildman–Crippen LogP) is 5.67. The number of hydrogen-bond acceptors (Lipinski definition) is 2. The lowest BCUT2D eigenvalue weighted by Crippen LogP contribution is -3.00. The Balaban J connectivity index is 0. The molecular formula is C28H54Cl2N2O. The number of aromatic nitrogens is 1. The van der Waals surface area contributed by atoms with Gasteiger partial charge in [-0.2, -0.15) is 0 Å². The fraction of sp³-hybridized carbons (Fsp3) is 0.821. The van der Waals surface area contributed by atoms with Gasteiger partial charge in [0.15, 0.2) is 0 Å². The van der Waals surface area contributed by atoms with Crippen LogP contribution in [0.2, 0.25) is 0 Å². The second-order valence-electron chi connectivity index (χ2n) is 10.5. The van der Waals surface area contributed by atoms with Crippen molar-refractivity contribution in [3.63, 3.8) is 0 Å². The van der Waals surface area contributed by atoms with E-state index >= 15 is 0 Å². The molecule has 1 heterocycles. The molecule has 0 atom stereocenters. The van der Waals surface area contributed by atoms with E-state index in [2.05, 4.69) is 26.0 Å². The van der Waals surface area contributed by atoms with Crippen LogP contribution in [0.15, 0.2) is 6.20 Å². The summed E-state index contributed by atoms with van der Waals surface area (Å²) < 4.78 is 0.962. The standard InChI is InChI=1S/C28H52N2O.2ClH/c1-6-7-8-9-10-11-12-13-14-15-16-17-18-19-20-21-22-30(4,5)24-27-23-29-26(3)28(31)25(27)2;;/h23H,6-22,24H2,1-5H3;2*1H. The summed E-state index contributed by atoms with van der Waals surface area (Å²) in [6.45, 7) is 8.29. The first-order valence-electron chi connectivity index (χ1n) is 13.3. The van der Waals surface area contributed by atoms with Gasteiger partial charge in [0.1, 0.15) is 12.3 Å². The molecule has 0 aliphatic rings. The van der Waals surface area contributed by atoms with Crippen LogP contribution in [0.5, 0.6) is 5.75 Å². The lowest BCUT2D eigenvalue weighted by molar-refractivity contribution is -0.903. The number of rotatable bonds is 19. The Hall–Kier alpha value is -0.510. The van der Waals surface area contributed by atoms with E-state index < -0.39 is 0 Å². The van der Waals surface area contributed by atoms with Gasteiger partial charge in [-0.1, -0.05) is 96.8 Å². The summed E-state index contributed by atoms with van der Waals surface area (Å²) in [7, 11) is 4.59. The molecule has 0 aliphatic carbocycles. The van der Waals surface area contributed by atoms with E-state index in [4.69, 9.17) is 0 Å². The number of unbranched alkanes of at least 4 members (excludes halogenated alkanes) is 15. The summed E-state index contributed by atoms with van der Waals surface area (Å²) in [6, 6.07) is 0. The van der Waals surface area contributed by atoms with Crippen molar-refractivity contribution in [3.05, 3.63) is 23.0 Å². The van der Waals surface area contributed by atoms with Crippen LogP contribution in [-0.4, -0.2) is 35.2 Å². The molecular weight excluding hydrogens is 451 g/mol. The molecule has 1 N–H and O–H groups in total. The van der Waals surface area contributed by atoms with Crippen molar-refractivity contribution in [3.8, 4) is 5.75 Å². The molecule has 1 rings (SSSR count). The summed E-state index contributed by atoms with van der Waals surface area (Å²) in [5.41, 5.74) is 2.89. The van der Waals surface area contributed by atoms with Crippen molar-refractivity contribution < 1.29 is 22.0 Å². The molecule has 0 unspecified atom stereocenters. The predicted molar refractivity (Wildman–Crippen MR) is 143 cm³/mol. The number of pyridine rings is 1. The van der Waals surface area contributed by atoms with Gasteiger partial charge < -0.3 is 22.0 Å². The van der Waals surface area contributed by atoms with Crippen molar-refractivity contribution in [1.29, 1.82) is 0 Å². The van der Waals surface area contributed by atoms with Crippen LogP contribution in [0.25, 0.3) is 0 Å². The molecule has 1 aromatic rings. The third-order valence-corrected chi connectivity index (χ3v) is 6.81. The normalized spacial score (nSPS) is 11.2. The second-order valence-corrected chi connectivity index (χ2v) is 10.5. The molecule has 0 saturated carbocycles. The van der Waals surface area contributed by atoms with Gasteiger partial charge >= 0.3 is 0 Å². The second kappa shape index (κ2) is 20.8. The van der Waals surface area contributed by atoms with E-state index in [0.717, 1.165) is 22.3 Å². The quantitative estimate of drug-likeness (QED) is 0.194. The number of halogens is 2. The molecule has 0 bridgehead atoms. The fourth-order valence-corrected chi connectivity index (χ4v) is 4.54. The largest absolute Gasteiger partial charge is 1.00 e. The SMILES string of the molecule is CCCCCCCCCCCCCCCCCC[N+](C)(C)Cc1cnc(C)c(O)c1C.Cl.[Cl-]. The summed E-state index contributed by atoms with van der Waals surface area (Å²) in [6.07, 6.45) is 24.6. The van der Waals surface area contributed by atoms with Gasteiger partial charge in [0.25, 0.3) is 0 Å². The van der Waals surface area contributed by atoms with Crippen LogP contribution in [0.1, 0.15) is 126 Å². The Labute approximate surface area is 218 Å². The van der Waals surface area contributed by atoms with Gasteiger partial charge in [-0.15, -0.1) is 12.4 Å². The number of quaternary nitrogens is 1. The highest BCUT2D eigenvalue weighted by Crippen LogP contribution is 2.24. The summed E-state index contributed by atoms with van der Waals surface area (Å²) in [5.74, 6) is 0.361. The minimum atomic E-state index is 0. The highest BCUT2D eigenvalue weighted by molar-refractivity contribution is 5.85. The topological polar surface area (TPSA) is 33.1 Å². The van der Waals surface area contributed by atoms with Gasteiger partial charge in [-0.3, -0.25) is 4.98 Å². The molecule has 0 amide bonds. The lowest BCUT2D eigenvalue weighted by atomic mass is 10.0. The van der Waals surface area contributed by atoms with Gasteiger partial charge in [-0.05, 0) is 26.7 Å². The molecule has 0 radical (unpaired) electrons. The molecule has 0 fully saturated rings.